The van der Waals surface area contributed by atoms with Crippen molar-refractivity contribution in [3.8, 4) is 17.1 Å². The van der Waals surface area contributed by atoms with Crippen LogP contribution in [0.5, 0.6) is 5.75 Å². The molecular weight excluding hydrogens is 580 g/mol. The number of hydrogen-bond acceptors (Lipinski definition) is 8. The smallest absolute Gasteiger partial charge is 0.338 e. The standard InChI is InChI=1S/C34H26N2O7S/c1-3-42-33(40)28-29(20-8-5-4-6-9-20)35-34-36(30(28)21-12-14-24(41-2)15-13-21)31(37)27(44-34)19-25-16-17-26(43-25)22-10-7-11-23(18-22)32(38)39/h4-19,30H,3H2,1-2H3,(H,38,39)/b27-19-. The average molecular weight is 607 g/mol. The molecule has 1 aliphatic rings. The molecule has 220 valence electrons. The predicted molar refractivity (Wildman–Crippen MR) is 165 cm³/mol. The van der Waals surface area contributed by atoms with E-state index in [1.165, 1.54) is 28.0 Å². The third-order valence-corrected chi connectivity index (χ3v) is 8.08. The first kappa shape index (κ1) is 28.6. The molecule has 1 unspecified atom stereocenters. The zero-order chi connectivity index (χ0) is 30.8. The minimum atomic E-state index is -1.04. The fourth-order valence-corrected chi connectivity index (χ4v) is 6.04. The van der Waals surface area contributed by atoms with E-state index in [9.17, 15) is 19.5 Å². The van der Waals surface area contributed by atoms with E-state index in [1.54, 1.807) is 56.5 Å². The maximum absolute atomic E-state index is 14.1. The molecule has 1 atom stereocenters. The second kappa shape index (κ2) is 12.0. The molecule has 0 saturated heterocycles. The second-order valence-electron chi connectivity index (χ2n) is 9.79. The lowest BCUT2D eigenvalue weighted by Gasteiger charge is -2.26. The van der Waals surface area contributed by atoms with Crippen LogP contribution in [0.15, 0.2) is 111 Å². The molecule has 6 rings (SSSR count). The number of carbonyl (C=O) groups is 2. The van der Waals surface area contributed by atoms with Crippen LogP contribution >= 0.6 is 11.3 Å². The van der Waals surface area contributed by atoms with Crippen molar-refractivity contribution >= 4 is 35.0 Å². The molecule has 0 radical (unpaired) electrons. The minimum absolute atomic E-state index is 0.138. The van der Waals surface area contributed by atoms with E-state index in [4.69, 9.17) is 18.9 Å². The van der Waals surface area contributed by atoms with Crippen LogP contribution in [0.4, 0.5) is 0 Å². The van der Waals surface area contributed by atoms with Crippen molar-refractivity contribution in [2.45, 2.75) is 13.0 Å². The van der Waals surface area contributed by atoms with Gasteiger partial charge in [-0.05, 0) is 48.9 Å². The molecule has 3 heterocycles. The van der Waals surface area contributed by atoms with Gasteiger partial charge >= 0.3 is 11.9 Å². The van der Waals surface area contributed by atoms with Crippen molar-refractivity contribution in [3.63, 3.8) is 0 Å². The number of fused-ring (bicyclic) bond motifs is 1. The van der Waals surface area contributed by atoms with Crippen molar-refractivity contribution < 1.29 is 28.6 Å². The number of furan rings is 1. The lowest BCUT2D eigenvalue weighted by atomic mass is 9.93. The Balaban J connectivity index is 1.53. The second-order valence-corrected chi connectivity index (χ2v) is 10.8. The summed E-state index contributed by atoms with van der Waals surface area (Å²) in [4.78, 5) is 44.3. The van der Waals surface area contributed by atoms with Gasteiger partial charge in [0.25, 0.3) is 5.56 Å². The highest BCUT2D eigenvalue weighted by Crippen LogP contribution is 2.35. The van der Waals surface area contributed by atoms with Gasteiger partial charge in [-0.2, -0.15) is 0 Å². The number of carboxylic acid groups (broad SMARTS) is 1. The molecule has 10 heteroatoms. The number of carbonyl (C=O) groups excluding carboxylic acids is 1. The summed E-state index contributed by atoms with van der Waals surface area (Å²) in [6.07, 6.45) is 1.62. The molecule has 0 spiro atoms. The van der Waals surface area contributed by atoms with Gasteiger partial charge in [0.05, 0.1) is 41.1 Å². The number of thiazole rings is 1. The van der Waals surface area contributed by atoms with Crippen LogP contribution in [0, 0.1) is 0 Å². The van der Waals surface area contributed by atoms with Crippen LogP contribution in [0.2, 0.25) is 0 Å². The van der Waals surface area contributed by atoms with Gasteiger partial charge in [-0.25, -0.2) is 14.6 Å². The highest BCUT2D eigenvalue weighted by Gasteiger charge is 2.35. The van der Waals surface area contributed by atoms with E-state index in [0.717, 1.165) is 0 Å². The quantitative estimate of drug-likeness (QED) is 0.250. The average Bonchev–Trinajstić information content (AvgIpc) is 3.65. The van der Waals surface area contributed by atoms with Gasteiger partial charge in [0, 0.05) is 17.2 Å². The molecule has 0 aliphatic carbocycles. The molecule has 1 aliphatic heterocycles. The van der Waals surface area contributed by atoms with Gasteiger partial charge < -0.3 is 19.0 Å². The lowest BCUT2D eigenvalue weighted by Crippen LogP contribution is -2.40. The summed E-state index contributed by atoms with van der Waals surface area (Å²) in [5.41, 5.74) is 2.46. The van der Waals surface area contributed by atoms with Crippen LogP contribution in [0.1, 0.15) is 40.2 Å². The number of nitrogens with zero attached hydrogens (tertiary/aromatic N) is 2. The van der Waals surface area contributed by atoms with Crippen molar-refractivity contribution in [3.05, 3.63) is 139 Å². The molecule has 9 nitrogen and oxygen atoms in total. The van der Waals surface area contributed by atoms with E-state index in [2.05, 4.69) is 0 Å². The Labute approximate surface area is 255 Å². The maximum Gasteiger partial charge on any atom is 0.338 e. The third kappa shape index (κ3) is 5.38. The Bertz CT molecular complexity index is 2090. The number of rotatable bonds is 8. The summed E-state index contributed by atoms with van der Waals surface area (Å²) in [6, 6.07) is 25.5. The summed E-state index contributed by atoms with van der Waals surface area (Å²) >= 11 is 1.18. The Kier molecular flexibility index (Phi) is 7.82. The van der Waals surface area contributed by atoms with Crippen molar-refractivity contribution in [2.75, 3.05) is 13.7 Å². The number of ether oxygens (including phenoxy) is 2. The number of carboxylic acids is 1. The number of aromatic carboxylic acids is 1. The van der Waals surface area contributed by atoms with E-state index in [-0.39, 0.29) is 23.3 Å². The van der Waals surface area contributed by atoms with Gasteiger partial charge in [0.2, 0.25) is 0 Å². The Hall–Kier alpha value is -5.48. The fourth-order valence-electron chi connectivity index (χ4n) is 5.06. The van der Waals surface area contributed by atoms with Crippen molar-refractivity contribution in [1.29, 1.82) is 0 Å². The topological polar surface area (TPSA) is 120 Å². The van der Waals surface area contributed by atoms with Crippen molar-refractivity contribution in [2.24, 2.45) is 4.99 Å². The highest BCUT2D eigenvalue weighted by atomic mass is 32.1. The van der Waals surface area contributed by atoms with Gasteiger partial charge in [-0.3, -0.25) is 9.36 Å². The maximum atomic E-state index is 14.1. The van der Waals surface area contributed by atoms with Crippen LogP contribution in [-0.2, 0) is 9.53 Å². The lowest BCUT2D eigenvalue weighted by molar-refractivity contribution is -0.138. The van der Waals surface area contributed by atoms with Gasteiger partial charge in [0.1, 0.15) is 17.3 Å². The Morgan fingerprint density at radius 1 is 1.00 bits per heavy atom. The molecule has 44 heavy (non-hydrogen) atoms. The van der Waals surface area contributed by atoms with E-state index in [1.807, 2.05) is 42.5 Å². The molecule has 1 N–H and O–H groups in total. The highest BCUT2D eigenvalue weighted by molar-refractivity contribution is 7.07. The molecule has 3 aromatic carbocycles. The van der Waals surface area contributed by atoms with Crippen LogP contribution in [0.25, 0.3) is 23.1 Å². The van der Waals surface area contributed by atoms with Crippen LogP contribution < -0.4 is 19.6 Å². The summed E-state index contributed by atoms with van der Waals surface area (Å²) in [5.74, 6) is -0.111. The molecule has 5 aromatic rings. The van der Waals surface area contributed by atoms with Crippen LogP contribution in [0.3, 0.4) is 0 Å². The Morgan fingerprint density at radius 3 is 2.45 bits per heavy atom. The third-order valence-electron chi connectivity index (χ3n) is 7.10. The van der Waals surface area contributed by atoms with E-state index < -0.39 is 18.0 Å². The summed E-state index contributed by atoms with van der Waals surface area (Å²) in [7, 11) is 1.57. The molecule has 2 aromatic heterocycles. The van der Waals surface area contributed by atoms with E-state index in [0.29, 0.717) is 49.0 Å². The SMILES string of the molecule is CCOC(=O)C1=C(c2ccccc2)N=c2s/c(=C\c3ccc(-c4cccc(C(=O)O)c4)o3)c(=O)n2C1c1ccc(OC)cc1. The van der Waals surface area contributed by atoms with E-state index >= 15 is 0 Å². The van der Waals surface area contributed by atoms with Gasteiger partial charge in [-0.15, -0.1) is 0 Å². The fraction of sp³-hybridized carbons (Fsp3) is 0.118. The summed E-state index contributed by atoms with van der Waals surface area (Å²) in [5, 5.41) is 9.35. The molecule has 0 amide bonds. The number of hydrogen-bond donors (Lipinski definition) is 1. The first-order chi connectivity index (χ1) is 21.4. The molecular formula is C34H26N2O7S. The number of methoxy groups -OCH3 is 1. The summed E-state index contributed by atoms with van der Waals surface area (Å²) in [6.45, 7) is 1.88. The van der Waals surface area contributed by atoms with Gasteiger partial charge in [-0.1, -0.05) is 65.9 Å². The number of esters is 1. The molecule has 0 saturated carbocycles. The largest absolute Gasteiger partial charge is 0.497 e. The predicted octanol–water partition coefficient (Wildman–Crippen LogP) is 4.90. The van der Waals surface area contributed by atoms with Crippen LogP contribution in [-0.4, -0.2) is 35.3 Å². The summed E-state index contributed by atoms with van der Waals surface area (Å²) < 4.78 is 18.7. The number of aromatic nitrogens is 1. The van der Waals surface area contributed by atoms with Crippen molar-refractivity contribution in [1.82, 2.24) is 4.57 Å². The number of benzene rings is 3. The monoisotopic (exact) mass is 606 g/mol. The zero-order valence-electron chi connectivity index (χ0n) is 23.7. The zero-order valence-corrected chi connectivity index (χ0v) is 24.5. The molecule has 0 fully saturated rings. The first-order valence-electron chi connectivity index (χ1n) is 13.7. The molecule has 0 bridgehead atoms. The normalized spacial score (nSPS) is 14.6. The first-order valence-corrected chi connectivity index (χ1v) is 14.6. The minimum Gasteiger partial charge on any atom is -0.497 e. The Morgan fingerprint density at radius 2 is 1.75 bits per heavy atom. The van der Waals surface area contributed by atoms with Gasteiger partial charge in [0.15, 0.2) is 4.80 Å².